The van der Waals surface area contributed by atoms with Crippen molar-refractivity contribution < 1.29 is 26.7 Å². The second kappa shape index (κ2) is 10.9. The lowest BCUT2D eigenvalue weighted by Gasteiger charge is -2.34. The van der Waals surface area contributed by atoms with Crippen LogP contribution in [0.15, 0.2) is 52.3 Å². The molecule has 8 heteroatoms. The Labute approximate surface area is 188 Å². The average Bonchev–Trinajstić information content (AvgIpc) is 2.74. The van der Waals surface area contributed by atoms with Crippen LogP contribution in [0.3, 0.4) is 0 Å². The molecular weight excluding hydrogens is 422 g/mol. The number of hydrogen-bond donors (Lipinski definition) is 1. The van der Waals surface area contributed by atoms with E-state index in [4.69, 9.17) is 9.47 Å². The Kier molecular flexibility index (Phi) is 8.27. The molecule has 0 unspecified atom stereocenters. The second-order valence-electron chi connectivity index (χ2n) is 7.06. The maximum Gasteiger partial charge on any atom is 0.411 e. The third-order valence-corrected chi connectivity index (χ3v) is 6.22. The van der Waals surface area contributed by atoms with E-state index >= 15 is 0 Å². The molecule has 2 aliphatic rings. The number of carbonyl (C=O) groups is 1. The molecule has 1 amide bonds. The molecule has 1 fully saturated rings. The summed E-state index contributed by atoms with van der Waals surface area (Å²) in [6.45, 7) is 7.89. The SMILES string of the molecule is CCOC(=O)Nc1ccc2c(c1)Sc1ccccc1N2CCCN1CCOCC1.[Cl-]. The lowest BCUT2D eigenvalue weighted by atomic mass is 10.2. The molecule has 4 rings (SSSR count). The predicted molar refractivity (Wildman–Crippen MR) is 117 cm³/mol. The van der Waals surface area contributed by atoms with E-state index < -0.39 is 6.09 Å². The number of hydrogen-bond acceptors (Lipinski definition) is 6. The first kappa shape index (κ1) is 22.7. The van der Waals surface area contributed by atoms with Crippen LogP contribution < -0.4 is 22.6 Å². The van der Waals surface area contributed by atoms with Gasteiger partial charge in [0, 0.05) is 41.7 Å². The Balaban J connectivity index is 0.00000256. The Morgan fingerprint density at radius 2 is 1.87 bits per heavy atom. The van der Waals surface area contributed by atoms with Crippen LogP contribution in [-0.2, 0) is 9.47 Å². The first-order chi connectivity index (χ1) is 14.2. The van der Waals surface area contributed by atoms with Gasteiger partial charge in [-0.25, -0.2) is 4.79 Å². The molecule has 0 aromatic heterocycles. The number of amides is 1. The molecule has 2 aromatic carbocycles. The minimum Gasteiger partial charge on any atom is -1.00 e. The number of rotatable bonds is 6. The molecule has 30 heavy (non-hydrogen) atoms. The number of nitrogens with zero attached hydrogens (tertiary/aromatic N) is 2. The molecule has 0 spiro atoms. The number of benzene rings is 2. The van der Waals surface area contributed by atoms with E-state index in [0.717, 1.165) is 56.4 Å². The Hall–Kier alpha value is -1.93. The van der Waals surface area contributed by atoms with Gasteiger partial charge in [0.05, 0.1) is 31.2 Å². The number of halogens is 1. The molecule has 0 atom stereocenters. The molecule has 2 aliphatic heterocycles. The van der Waals surface area contributed by atoms with Crippen molar-refractivity contribution in [3.63, 3.8) is 0 Å². The van der Waals surface area contributed by atoms with Crippen molar-refractivity contribution in [1.29, 1.82) is 0 Å². The number of nitrogens with one attached hydrogen (secondary N) is 1. The Bertz CT molecular complexity index is 861. The zero-order valence-corrected chi connectivity index (χ0v) is 18.7. The Morgan fingerprint density at radius 3 is 2.67 bits per heavy atom. The normalized spacial score (nSPS) is 15.6. The fraction of sp³-hybridized carbons (Fsp3) is 0.409. The molecule has 2 heterocycles. The molecule has 0 radical (unpaired) electrons. The molecule has 2 aromatic rings. The van der Waals surface area contributed by atoms with Gasteiger partial charge in [0.25, 0.3) is 0 Å². The molecule has 162 valence electrons. The van der Waals surface area contributed by atoms with Crippen LogP contribution in [0.25, 0.3) is 0 Å². The third kappa shape index (κ3) is 5.40. The van der Waals surface area contributed by atoms with Gasteiger partial charge in [-0.2, -0.15) is 0 Å². The summed E-state index contributed by atoms with van der Waals surface area (Å²) in [6.07, 6.45) is 0.664. The fourth-order valence-corrected chi connectivity index (χ4v) is 4.85. The molecular formula is C22H27ClN3O3S-. The van der Waals surface area contributed by atoms with Crippen LogP contribution in [0.2, 0.25) is 0 Å². The topological polar surface area (TPSA) is 54.0 Å². The van der Waals surface area contributed by atoms with Crippen molar-refractivity contribution in [2.45, 2.75) is 23.1 Å². The van der Waals surface area contributed by atoms with Gasteiger partial charge in [-0.15, -0.1) is 0 Å². The Morgan fingerprint density at radius 1 is 1.10 bits per heavy atom. The summed E-state index contributed by atoms with van der Waals surface area (Å²) < 4.78 is 10.4. The lowest BCUT2D eigenvalue weighted by Crippen LogP contribution is -3.00. The van der Waals surface area contributed by atoms with Gasteiger partial charge in [-0.05, 0) is 43.7 Å². The minimum absolute atomic E-state index is 0. The lowest BCUT2D eigenvalue weighted by molar-refractivity contribution is -0.0000129. The summed E-state index contributed by atoms with van der Waals surface area (Å²) in [5.74, 6) is 0. The first-order valence-corrected chi connectivity index (χ1v) is 11.0. The summed E-state index contributed by atoms with van der Waals surface area (Å²) >= 11 is 1.74. The number of carbonyl (C=O) groups excluding carboxylic acids is 1. The number of morpholine rings is 1. The summed E-state index contributed by atoms with van der Waals surface area (Å²) in [6, 6.07) is 14.6. The smallest absolute Gasteiger partial charge is 0.411 e. The highest BCUT2D eigenvalue weighted by Gasteiger charge is 2.23. The van der Waals surface area contributed by atoms with Crippen molar-refractivity contribution in [2.75, 3.05) is 56.2 Å². The van der Waals surface area contributed by atoms with Gasteiger partial charge in [-0.1, -0.05) is 23.9 Å². The van der Waals surface area contributed by atoms with Gasteiger partial charge < -0.3 is 26.8 Å². The summed E-state index contributed by atoms with van der Waals surface area (Å²) in [7, 11) is 0. The highest BCUT2D eigenvalue weighted by Crippen LogP contribution is 2.48. The van der Waals surface area contributed by atoms with Crippen LogP contribution in [0.1, 0.15) is 13.3 Å². The molecule has 6 nitrogen and oxygen atoms in total. The zero-order valence-electron chi connectivity index (χ0n) is 17.1. The van der Waals surface area contributed by atoms with Crippen LogP contribution in [-0.4, -0.2) is 57.0 Å². The van der Waals surface area contributed by atoms with Crippen molar-refractivity contribution in [3.05, 3.63) is 42.5 Å². The van der Waals surface area contributed by atoms with Crippen LogP contribution in [0.4, 0.5) is 21.9 Å². The maximum atomic E-state index is 11.8. The van der Waals surface area contributed by atoms with Gasteiger partial charge in [-0.3, -0.25) is 10.2 Å². The van der Waals surface area contributed by atoms with E-state index in [1.807, 2.05) is 12.1 Å². The average molecular weight is 449 g/mol. The maximum absolute atomic E-state index is 11.8. The summed E-state index contributed by atoms with van der Waals surface area (Å²) in [5, 5.41) is 2.81. The van der Waals surface area contributed by atoms with Crippen LogP contribution >= 0.6 is 11.8 Å². The summed E-state index contributed by atoms with van der Waals surface area (Å²) in [5.41, 5.74) is 3.19. The van der Waals surface area contributed by atoms with Gasteiger partial charge >= 0.3 is 6.09 Å². The minimum atomic E-state index is -0.420. The van der Waals surface area contributed by atoms with Crippen molar-refractivity contribution >= 4 is 34.9 Å². The van der Waals surface area contributed by atoms with E-state index in [2.05, 4.69) is 45.4 Å². The first-order valence-electron chi connectivity index (χ1n) is 10.2. The van der Waals surface area contributed by atoms with Crippen LogP contribution in [0.5, 0.6) is 0 Å². The predicted octanol–water partition coefficient (Wildman–Crippen LogP) is 1.58. The molecule has 1 N–H and O–H groups in total. The third-order valence-electron chi connectivity index (χ3n) is 5.11. The largest absolute Gasteiger partial charge is 1.00 e. The highest BCUT2D eigenvalue weighted by atomic mass is 35.5. The van der Waals surface area contributed by atoms with E-state index in [9.17, 15) is 4.79 Å². The van der Waals surface area contributed by atoms with E-state index in [1.54, 1.807) is 18.7 Å². The monoisotopic (exact) mass is 448 g/mol. The zero-order chi connectivity index (χ0) is 20.1. The number of para-hydroxylation sites is 1. The van der Waals surface area contributed by atoms with Crippen LogP contribution in [0, 0.1) is 0 Å². The summed E-state index contributed by atoms with van der Waals surface area (Å²) in [4.78, 5) is 19.0. The number of ether oxygens (including phenoxy) is 2. The van der Waals surface area contributed by atoms with Gasteiger partial charge in [0.15, 0.2) is 0 Å². The number of anilines is 3. The van der Waals surface area contributed by atoms with Crippen molar-refractivity contribution in [2.24, 2.45) is 0 Å². The van der Waals surface area contributed by atoms with E-state index in [0.29, 0.717) is 6.61 Å². The standard InChI is InChI=1S/C22H27N3O3S.ClH/c1-2-28-22(26)23-17-8-9-19-21(16-17)29-20-7-4-3-6-18(20)25(19)11-5-10-24-12-14-27-15-13-24;/h3-4,6-9,16H,2,5,10-15H2,1H3,(H,23,26);1H/p-1. The van der Waals surface area contributed by atoms with Gasteiger partial charge in [0.2, 0.25) is 0 Å². The number of fused-ring (bicyclic) bond motifs is 2. The fourth-order valence-electron chi connectivity index (χ4n) is 3.71. The van der Waals surface area contributed by atoms with E-state index in [-0.39, 0.29) is 12.4 Å². The quantitative estimate of drug-likeness (QED) is 0.724. The van der Waals surface area contributed by atoms with Gasteiger partial charge in [0.1, 0.15) is 0 Å². The molecule has 0 saturated carbocycles. The van der Waals surface area contributed by atoms with Crippen molar-refractivity contribution in [1.82, 2.24) is 4.90 Å². The molecule has 1 saturated heterocycles. The second-order valence-corrected chi connectivity index (χ2v) is 8.14. The molecule has 0 bridgehead atoms. The highest BCUT2D eigenvalue weighted by molar-refractivity contribution is 7.99. The van der Waals surface area contributed by atoms with Crippen molar-refractivity contribution in [3.8, 4) is 0 Å². The van der Waals surface area contributed by atoms with E-state index in [1.165, 1.54) is 16.3 Å². The molecule has 0 aliphatic carbocycles.